The Morgan fingerprint density at radius 2 is 2.10 bits per heavy atom. The Kier molecular flexibility index (Phi) is 5.21. The van der Waals surface area contributed by atoms with Gasteiger partial charge in [-0.2, -0.15) is 5.10 Å². The van der Waals surface area contributed by atoms with Gasteiger partial charge in [0.1, 0.15) is 0 Å². The Labute approximate surface area is 126 Å². The summed E-state index contributed by atoms with van der Waals surface area (Å²) in [5.74, 6) is 0.381. The van der Waals surface area contributed by atoms with Crippen molar-refractivity contribution in [2.45, 2.75) is 32.2 Å². The number of aryl methyl sites for hydroxylation is 1. The van der Waals surface area contributed by atoms with Crippen LogP contribution >= 0.6 is 11.6 Å². The number of hydrogen-bond acceptors (Lipinski definition) is 2. The monoisotopic (exact) mass is 291 g/mol. The van der Waals surface area contributed by atoms with E-state index in [0.29, 0.717) is 12.0 Å². The highest BCUT2D eigenvalue weighted by molar-refractivity contribution is 6.30. The average Bonchev–Trinajstić information content (AvgIpc) is 2.80. The lowest BCUT2D eigenvalue weighted by atomic mass is 9.94. The van der Waals surface area contributed by atoms with Gasteiger partial charge in [-0.25, -0.2) is 0 Å². The topological polar surface area (TPSA) is 29.9 Å². The van der Waals surface area contributed by atoms with Gasteiger partial charge in [-0.3, -0.25) is 4.68 Å². The van der Waals surface area contributed by atoms with Crippen LogP contribution in [0.3, 0.4) is 0 Å². The molecule has 1 aromatic carbocycles. The van der Waals surface area contributed by atoms with Crippen LogP contribution in [0.4, 0.5) is 0 Å². The van der Waals surface area contributed by atoms with Gasteiger partial charge in [0.25, 0.3) is 0 Å². The molecule has 108 valence electrons. The van der Waals surface area contributed by atoms with Crippen LogP contribution in [0.5, 0.6) is 0 Å². The highest BCUT2D eigenvalue weighted by atomic mass is 35.5. The first-order chi connectivity index (χ1) is 9.54. The first-order valence-corrected chi connectivity index (χ1v) is 7.39. The van der Waals surface area contributed by atoms with E-state index in [2.05, 4.69) is 42.5 Å². The van der Waals surface area contributed by atoms with Crippen molar-refractivity contribution in [2.75, 3.05) is 6.54 Å². The average molecular weight is 292 g/mol. The van der Waals surface area contributed by atoms with Gasteiger partial charge in [0.05, 0.1) is 5.69 Å². The summed E-state index contributed by atoms with van der Waals surface area (Å²) < 4.78 is 1.85. The Hall–Kier alpha value is -1.32. The fraction of sp³-hybridized carbons (Fsp3) is 0.438. The molecule has 1 N–H and O–H groups in total. The predicted octanol–water partition coefficient (Wildman–Crippen LogP) is 3.40. The minimum Gasteiger partial charge on any atom is -0.314 e. The third-order valence-electron chi connectivity index (χ3n) is 3.32. The first-order valence-electron chi connectivity index (χ1n) is 7.02. The SMILES string of the molecule is CC(C)NCC(Cc1ccn(C)n1)c1cccc(Cl)c1. The van der Waals surface area contributed by atoms with Crippen LogP contribution in [-0.4, -0.2) is 22.4 Å². The maximum Gasteiger partial charge on any atom is 0.0631 e. The molecule has 0 bridgehead atoms. The van der Waals surface area contributed by atoms with E-state index in [4.69, 9.17) is 11.6 Å². The van der Waals surface area contributed by atoms with Crippen molar-refractivity contribution >= 4 is 11.6 Å². The summed E-state index contributed by atoms with van der Waals surface area (Å²) in [5.41, 5.74) is 2.37. The summed E-state index contributed by atoms with van der Waals surface area (Å²) in [7, 11) is 1.95. The zero-order valence-electron chi connectivity index (χ0n) is 12.3. The molecule has 2 aromatic rings. The Bertz CT molecular complexity index is 548. The van der Waals surface area contributed by atoms with E-state index in [1.807, 2.05) is 30.1 Å². The summed E-state index contributed by atoms with van der Waals surface area (Å²) in [6.07, 6.45) is 2.90. The number of rotatable bonds is 6. The second-order valence-corrected chi connectivity index (χ2v) is 5.94. The zero-order valence-corrected chi connectivity index (χ0v) is 13.1. The molecule has 0 fully saturated rings. The Morgan fingerprint density at radius 1 is 1.30 bits per heavy atom. The van der Waals surface area contributed by atoms with Crippen molar-refractivity contribution in [3.8, 4) is 0 Å². The van der Waals surface area contributed by atoms with Crippen molar-refractivity contribution < 1.29 is 0 Å². The van der Waals surface area contributed by atoms with Gasteiger partial charge in [-0.1, -0.05) is 37.6 Å². The summed E-state index contributed by atoms with van der Waals surface area (Å²) in [6, 6.07) is 10.7. The van der Waals surface area contributed by atoms with Crippen LogP contribution in [0.1, 0.15) is 31.0 Å². The smallest absolute Gasteiger partial charge is 0.0631 e. The largest absolute Gasteiger partial charge is 0.314 e. The molecule has 1 aromatic heterocycles. The number of hydrogen-bond donors (Lipinski definition) is 1. The van der Waals surface area contributed by atoms with Gasteiger partial charge in [0.2, 0.25) is 0 Å². The number of aromatic nitrogens is 2. The summed E-state index contributed by atoms with van der Waals surface area (Å²) in [5, 5.41) is 8.78. The van der Waals surface area contributed by atoms with Crippen LogP contribution in [0.15, 0.2) is 36.5 Å². The zero-order chi connectivity index (χ0) is 14.5. The lowest BCUT2D eigenvalue weighted by Crippen LogP contribution is -2.29. The minimum atomic E-state index is 0.381. The van der Waals surface area contributed by atoms with E-state index in [-0.39, 0.29) is 0 Å². The van der Waals surface area contributed by atoms with Crippen LogP contribution in [-0.2, 0) is 13.5 Å². The van der Waals surface area contributed by atoms with Crippen LogP contribution in [0, 0.1) is 0 Å². The molecule has 1 heterocycles. The number of halogens is 1. The molecular formula is C16H22ClN3. The molecule has 1 atom stereocenters. The standard InChI is InChI=1S/C16H22ClN3/c1-12(2)18-11-14(10-16-7-8-20(3)19-16)13-5-4-6-15(17)9-13/h4-9,12,14,18H,10-11H2,1-3H3. The summed E-state index contributed by atoms with van der Waals surface area (Å²) in [6.45, 7) is 5.25. The molecule has 0 aliphatic carbocycles. The second-order valence-electron chi connectivity index (χ2n) is 5.50. The maximum absolute atomic E-state index is 6.12. The fourth-order valence-electron chi connectivity index (χ4n) is 2.27. The van der Waals surface area contributed by atoms with Crippen molar-refractivity contribution in [1.29, 1.82) is 0 Å². The third kappa shape index (κ3) is 4.36. The minimum absolute atomic E-state index is 0.381. The molecule has 0 aliphatic rings. The van der Waals surface area contributed by atoms with Crippen molar-refractivity contribution in [1.82, 2.24) is 15.1 Å². The lowest BCUT2D eigenvalue weighted by molar-refractivity contribution is 0.522. The fourth-order valence-corrected chi connectivity index (χ4v) is 2.47. The normalized spacial score (nSPS) is 12.8. The lowest BCUT2D eigenvalue weighted by Gasteiger charge is -2.19. The van der Waals surface area contributed by atoms with Crippen LogP contribution in [0.2, 0.25) is 5.02 Å². The Balaban J connectivity index is 2.15. The highest BCUT2D eigenvalue weighted by Gasteiger charge is 2.14. The summed E-state index contributed by atoms with van der Waals surface area (Å²) >= 11 is 6.12. The predicted molar refractivity (Wildman–Crippen MR) is 84.2 cm³/mol. The van der Waals surface area contributed by atoms with E-state index in [1.54, 1.807) is 0 Å². The van der Waals surface area contributed by atoms with E-state index in [9.17, 15) is 0 Å². The Morgan fingerprint density at radius 3 is 2.70 bits per heavy atom. The van der Waals surface area contributed by atoms with E-state index < -0.39 is 0 Å². The third-order valence-corrected chi connectivity index (χ3v) is 3.55. The number of nitrogens with one attached hydrogen (secondary N) is 1. The van der Waals surface area contributed by atoms with E-state index in [0.717, 1.165) is 23.7 Å². The molecular weight excluding hydrogens is 270 g/mol. The first kappa shape index (κ1) is 15.1. The van der Waals surface area contributed by atoms with Crippen molar-refractivity contribution in [3.63, 3.8) is 0 Å². The van der Waals surface area contributed by atoms with Crippen molar-refractivity contribution in [3.05, 3.63) is 52.8 Å². The second kappa shape index (κ2) is 6.91. The highest BCUT2D eigenvalue weighted by Crippen LogP contribution is 2.22. The van der Waals surface area contributed by atoms with Crippen LogP contribution < -0.4 is 5.32 Å². The quantitative estimate of drug-likeness (QED) is 0.884. The molecule has 20 heavy (non-hydrogen) atoms. The molecule has 2 rings (SSSR count). The molecule has 0 saturated carbocycles. The molecule has 3 nitrogen and oxygen atoms in total. The summed E-state index contributed by atoms with van der Waals surface area (Å²) in [4.78, 5) is 0. The molecule has 0 aliphatic heterocycles. The van der Waals surface area contributed by atoms with Gasteiger partial charge in [-0.05, 0) is 30.2 Å². The van der Waals surface area contributed by atoms with Gasteiger partial charge in [0.15, 0.2) is 0 Å². The van der Waals surface area contributed by atoms with Gasteiger partial charge < -0.3 is 5.32 Å². The van der Waals surface area contributed by atoms with Crippen molar-refractivity contribution in [2.24, 2.45) is 7.05 Å². The van der Waals surface area contributed by atoms with Gasteiger partial charge in [0, 0.05) is 36.8 Å². The molecule has 0 saturated heterocycles. The molecule has 0 radical (unpaired) electrons. The maximum atomic E-state index is 6.12. The molecule has 0 spiro atoms. The molecule has 0 amide bonds. The molecule has 1 unspecified atom stereocenters. The van der Waals surface area contributed by atoms with Gasteiger partial charge >= 0.3 is 0 Å². The number of benzene rings is 1. The molecule has 4 heteroatoms. The number of nitrogens with zero attached hydrogens (tertiary/aromatic N) is 2. The van der Waals surface area contributed by atoms with Crippen LogP contribution in [0.25, 0.3) is 0 Å². The van der Waals surface area contributed by atoms with Gasteiger partial charge in [-0.15, -0.1) is 0 Å². The van der Waals surface area contributed by atoms with E-state index in [1.165, 1.54) is 5.56 Å². The van der Waals surface area contributed by atoms with E-state index >= 15 is 0 Å².